The number of hydrogen-bond acceptors (Lipinski definition) is 5. The highest BCUT2D eigenvalue weighted by Crippen LogP contribution is 2.38. The molecule has 37 heavy (non-hydrogen) atoms. The number of rotatable bonds is 11. The van der Waals surface area contributed by atoms with Crippen molar-refractivity contribution in [2.75, 3.05) is 27.9 Å². The number of fused-ring (bicyclic) bond motifs is 1. The van der Waals surface area contributed by atoms with E-state index in [-0.39, 0.29) is 5.91 Å². The first-order chi connectivity index (χ1) is 18.0. The van der Waals surface area contributed by atoms with Crippen LogP contribution < -0.4 is 19.5 Å². The zero-order chi connectivity index (χ0) is 26.4. The first-order valence-corrected chi connectivity index (χ1v) is 12.6. The molecule has 1 atom stereocenters. The van der Waals surface area contributed by atoms with Crippen LogP contribution in [0.25, 0.3) is 11.0 Å². The lowest BCUT2D eigenvalue weighted by molar-refractivity contribution is 0.0953. The lowest BCUT2D eigenvalue weighted by atomic mass is 9.98. The van der Waals surface area contributed by atoms with Crippen molar-refractivity contribution in [2.45, 2.75) is 39.2 Å². The number of methoxy groups -OCH3 is 3. The lowest BCUT2D eigenvalue weighted by Crippen LogP contribution is -2.26. The molecule has 0 bridgehead atoms. The predicted molar refractivity (Wildman–Crippen MR) is 146 cm³/mol. The Kier molecular flexibility index (Phi) is 8.33. The van der Waals surface area contributed by atoms with Crippen molar-refractivity contribution >= 4 is 16.9 Å². The van der Waals surface area contributed by atoms with Crippen LogP contribution in [0.1, 0.15) is 53.5 Å². The molecule has 4 rings (SSSR count). The fraction of sp³-hybridized carbons (Fsp3) is 0.333. The van der Waals surface area contributed by atoms with Crippen LogP contribution in [0.2, 0.25) is 0 Å². The van der Waals surface area contributed by atoms with Gasteiger partial charge in [-0.25, -0.2) is 4.98 Å². The molecule has 0 fully saturated rings. The van der Waals surface area contributed by atoms with Gasteiger partial charge in [-0.2, -0.15) is 0 Å². The zero-order valence-corrected chi connectivity index (χ0v) is 22.2. The minimum Gasteiger partial charge on any atom is -0.493 e. The Balaban J connectivity index is 1.51. The molecular formula is C30H35N3O4. The molecule has 1 amide bonds. The largest absolute Gasteiger partial charge is 0.493 e. The van der Waals surface area contributed by atoms with E-state index in [0.717, 1.165) is 29.8 Å². The number of amides is 1. The van der Waals surface area contributed by atoms with Gasteiger partial charge in [-0.3, -0.25) is 4.79 Å². The van der Waals surface area contributed by atoms with Crippen LogP contribution in [-0.4, -0.2) is 43.3 Å². The van der Waals surface area contributed by atoms with Gasteiger partial charge in [0.1, 0.15) is 5.82 Å². The number of nitrogens with one attached hydrogen (secondary N) is 1. The summed E-state index contributed by atoms with van der Waals surface area (Å²) in [4.78, 5) is 17.8. The topological polar surface area (TPSA) is 74.6 Å². The highest BCUT2D eigenvalue weighted by molar-refractivity contribution is 5.95. The zero-order valence-electron chi connectivity index (χ0n) is 22.2. The smallest absolute Gasteiger partial charge is 0.251 e. The van der Waals surface area contributed by atoms with Gasteiger partial charge in [0.2, 0.25) is 5.75 Å². The van der Waals surface area contributed by atoms with E-state index in [9.17, 15) is 4.79 Å². The van der Waals surface area contributed by atoms with Gasteiger partial charge in [0, 0.05) is 25.1 Å². The molecule has 7 heteroatoms. The molecule has 0 saturated carbocycles. The number of carbonyl (C=O) groups excluding carboxylic acids is 1. The molecule has 1 aromatic heterocycles. The van der Waals surface area contributed by atoms with Crippen molar-refractivity contribution in [3.8, 4) is 17.2 Å². The summed E-state index contributed by atoms with van der Waals surface area (Å²) in [7, 11) is 4.59. The van der Waals surface area contributed by atoms with E-state index in [1.807, 2.05) is 18.2 Å². The van der Waals surface area contributed by atoms with Crippen LogP contribution in [0.3, 0.4) is 0 Å². The molecule has 3 aromatic carbocycles. The average molecular weight is 502 g/mol. The molecule has 0 spiro atoms. The number of carbonyl (C=O) groups is 1. The molecule has 4 aromatic rings. The Morgan fingerprint density at radius 1 is 0.973 bits per heavy atom. The number of benzene rings is 3. The van der Waals surface area contributed by atoms with Crippen LogP contribution in [-0.2, 0) is 13.0 Å². The van der Waals surface area contributed by atoms with Crippen molar-refractivity contribution in [3.05, 3.63) is 83.2 Å². The highest BCUT2D eigenvalue weighted by Gasteiger charge is 2.17. The maximum atomic E-state index is 12.9. The second-order valence-corrected chi connectivity index (χ2v) is 9.07. The second-order valence-electron chi connectivity index (χ2n) is 9.07. The molecule has 0 saturated heterocycles. The van der Waals surface area contributed by atoms with Crippen LogP contribution >= 0.6 is 0 Å². The van der Waals surface area contributed by atoms with Crippen LogP contribution in [0.4, 0.5) is 0 Å². The van der Waals surface area contributed by atoms with E-state index in [4.69, 9.17) is 19.2 Å². The molecule has 1 heterocycles. The van der Waals surface area contributed by atoms with Crippen LogP contribution in [0.15, 0.2) is 60.7 Å². The van der Waals surface area contributed by atoms with Gasteiger partial charge < -0.3 is 24.1 Å². The van der Waals surface area contributed by atoms with Crippen molar-refractivity contribution in [1.82, 2.24) is 14.9 Å². The minimum absolute atomic E-state index is 0.220. The number of nitrogens with zero attached hydrogens (tertiary/aromatic N) is 2. The van der Waals surface area contributed by atoms with Gasteiger partial charge >= 0.3 is 0 Å². The SMILES string of the molecule is CCC(C)c1ccc(Cn2c(CCNC(=O)c3cc(OC)c(OC)c(OC)c3)nc3ccccc32)cc1. The van der Waals surface area contributed by atoms with E-state index in [0.29, 0.717) is 41.7 Å². The van der Waals surface area contributed by atoms with Gasteiger partial charge in [-0.15, -0.1) is 0 Å². The van der Waals surface area contributed by atoms with Crippen LogP contribution in [0, 0.1) is 0 Å². The second kappa shape index (κ2) is 11.8. The van der Waals surface area contributed by atoms with Crippen molar-refractivity contribution in [2.24, 2.45) is 0 Å². The number of aromatic nitrogens is 2. The predicted octanol–water partition coefficient (Wildman–Crippen LogP) is 5.60. The Labute approximate surface area is 218 Å². The van der Waals surface area contributed by atoms with E-state index in [1.54, 1.807) is 12.1 Å². The quantitative estimate of drug-likeness (QED) is 0.290. The summed E-state index contributed by atoms with van der Waals surface area (Å²) in [5.74, 6) is 2.58. The number of hydrogen-bond donors (Lipinski definition) is 1. The maximum absolute atomic E-state index is 12.9. The summed E-state index contributed by atoms with van der Waals surface area (Å²) in [6, 6.07) is 20.3. The van der Waals surface area contributed by atoms with Gasteiger partial charge in [0.25, 0.3) is 5.91 Å². The normalized spacial score (nSPS) is 11.8. The lowest BCUT2D eigenvalue weighted by Gasteiger charge is -2.14. The first-order valence-electron chi connectivity index (χ1n) is 12.6. The molecular weight excluding hydrogens is 466 g/mol. The molecule has 0 aliphatic heterocycles. The Bertz CT molecular complexity index is 1340. The summed E-state index contributed by atoms with van der Waals surface area (Å²) in [5, 5.41) is 3.01. The monoisotopic (exact) mass is 501 g/mol. The fourth-order valence-corrected chi connectivity index (χ4v) is 4.46. The maximum Gasteiger partial charge on any atom is 0.251 e. The number of para-hydroxylation sites is 2. The third-order valence-electron chi connectivity index (χ3n) is 6.80. The molecule has 194 valence electrons. The molecule has 1 unspecified atom stereocenters. The molecule has 1 N–H and O–H groups in total. The minimum atomic E-state index is -0.220. The molecule has 0 aliphatic rings. The fourth-order valence-electron chi connectivity index (χ4n) is 4.46. The summed E-state index contributed by atoms with van der Waals surface area (Å²) in [6.45, 7) is 5.62. The average Bonchev–Trinajstić information content (AvgIpc) is 3.28. The Hall–Kier alpha value is -4.00. The van der Waals surface area contributed by atoms with E-state index in [2.05, 4.69) is 54.1 Å². The summed E-state index contributed by atoms with van der Waals surface area (Å²) in [6.07, 6.45) is 1.72. The van der Waals surface area contributed by atoms with Gasteiger partial charge in [0.15, 0.2) is 11.5 Å². The van der Waals surface area contributed by atoms with Gasteiger partial charge in [-0.1, -0.05) is 50.2 Å². The third-order valence-corrected chi connectivity index (χ3v) is 6.80. The van der Waals surface area contributed by atoms with Crippen LogP contribution in [0.5, 0.6) is 17.2 Å². The van der Waals surface area contributed by atoms with E-state index in [1.165, 1.54) is 32.5 Å². The summed E-state index contributed by atoms with van der Waals surface area (Å²) >= 11 is 0. The first kappa shape index (κ1) is 26.1. The van der Waals surface area contributed by atoms with Gasteiger partial charge in [0.05, 0.1) is 32.4 Å². The highest BCUT2D eigenvalue weighted by atomic mass is 16.5. The summed E-state index contributed by atoms with van der Waals surface area (Å²) in [5.41, 5.74) is 5.04. The Morgan fingerprint density at radius 2 is 1.65 bits per heavy atom. The van der Waals surface area contributed by atoms with E-state index < -0.39 is 0 Å². The molecule has 0 aliphatic carbocycles. The number of imidazole rings is 1. The van der Waals surface area contributed by atoms with Gasteiger partial charge in [-0.05, 0) is 47.7 Å². The number of ether oxygens (including phenoxy) is 3. The van der Waals surface area contributed by atoms with Crippen molar-refractivity contribution in [3.63, 3.8) is 0 Å². The summed E-state index contributed by atoms with van der Waals surface area (Å²) < 4.78 is 18.3. The third kappa shape index (κ3) is 5.71. The molecule has 7 nitrogen and oxygen atoms in total. The Morgan fingerprint density at radius 3 is 2.27 bits per heavy atom. The molecule has 0 radical (unpaired) electrons. The van der Waals surface area contributed by atoms with E-state index >= 15 is 0 Å². The standard InChI is InChI=1S/C30H35N3O4/c1-6-20(2)22-13-11-21(12-14-22)19-33-25-10-8-7-9-24(25)32-28(33)15-16-31-30(34)23-17-26(35-3)29(37-5)27(18-23)36-4/h7-14,17-18,20H,6,15-16,19H2,1-5H3,(H,31,34). The van der Waals surface area contributed by atoms with Crippen molar-refractivity contribution < 1.29 is 19.0 Å². The van der Waals surface area contributed by atoms with Crippen molar-refractivity contribution in [1.29, 1.82) is 0 Å².